The van der Waals surface area contributed by atoms with Crippen LogP contribution in [0.2, 0.25) is 0 Å². The van der Waals surface area contributed by atoms with Crippen molar-refractivity contribution >= 4 is 40.2 Å². The number of para-hydroxylation sites is 1. The number of nitrogens with one attached hydrogen (secondary N) is 3. The van der Waals surface area contributed by atoms with Crippen molar-refractivity contribution in [2.75, 3.05) is 17.3 Å². The molecule has 0 fully saturated rings. The van der Waals surface area contributed by atoms with E-state index in [9.17, 15) is 9.59 Å². The van der Waals surface area contributed by atoms with E-state index in [2.05, 4.69) is 20.8 Å². The zero-order valence-corrected chi connectivity index (χ0v) is 13.5. The first-order valence-electron chi connectivity index (χ1n) is 7.17. The number of H-pyrrole nitrogens is 1. The van der Waals surface area contributed by atoms with Crippen LogP contribution in [0.1, 0.15) is 19.8 Å². The highest BCUT2D eigenvalue weighted by Gasteiger charge is 2.20. The number of aromatic nitrogens is 2. The molecule has 2 amide bonds. The van der Waals surface area contributed by atoms with E-state index in [1.54, 1.807) is 24.9 Å². The number of aromatic amines is 1. The summed E-state index contributed by atoms with van der Waals surface area (Å²) in [6.45, 7) is 1.77. The van der Waals surface area contributed by atoms with E-state index in [-0.39, 0.29) is 11.8 Å². The molecule has 1 unspecified atom stereocenters. The molecule has 0 radical (unpaired) electrons. The molecule has 1 heterocycles. The van der Waals surface area contributed by atoms with Crippen LogP contribution in [0.3, 0.4) is 0 Å². The number of benzene rings is 1. The summed E-state index contributed by atoms with van der Waals surface area (Å²) in [4.78, 5) is 24.1. The SMILES string of the molecule is CCC(=O)NC(CCSC)C(=O)Nc1cccc2cn[nH]c12. The lowest BCUT2D eigenvalue weighted by Gasteiger charge is -2.18. The predicted octanol–water partition coefficient (Wildman–Crippen LogP) is 2.15. The monoisotopic (exact) mass is 320 g/mol. The zero-order valence-electron chi connectivity index (χ0n) is 12.7. The second kappa shape index (κ2) is 7.84. The Bertz CT molecular complexity index is 656. The first-order valence-corrected chi connectivity index (χ1v) is 8.56. The number of nitrogens with zero attached hydrogens (tertiary/aromatic N) is 1. The van der Waals surface area contributed by atoms with Gasteiger partial charge in [-0.2, -0.15) is 16.9 Å². The number of carbonyl (C=O) groups excluding carboxylic acids is 2. The van der Waals surface area contributed by atoms with Gasteiger partial charge >= 0.3 is 0 Å². The molecular weight excluding hydrogens is 300 g/mol. The molecule has 3 N–H and O–H groups in total. The summed E-state index contributed by atoms with van der Waals surface area (Å²) < 4.78 is 0. The van der Waals surface area contributed by atoms with Crippen LogP contribution in [-0.4, -0.2) is 40.1 Å². The molecule has 22 heavy (non-hydrogen) atoms. The summed E-state index contributed by atoms with van der Waals surface area (Å²) in [6, 6.07) is 5.05. The number of amides is 2. The van der Waals surface area contributed by atoms with Crippen molar-refractivity contribution in [3.63, 3.8) is 0 Å². The molecular formula is C15H20N4O2S. The largest absolute Gasteiger partial charge is 0.344 e. The van der Waals surface area contributed by atoms with Crippen LogP contribution in [0.15, 0.2) is 24.4 Å². The first-order chi connectivity index (χ1) is 10.7. The molecule has 0 aliphatic heterocycles. The van der Waals surface area contributed by atoms with E-state index in [4.69, 9.17) is 0 Å². The molecule has 7 heteroatoms. The first kappa shape index (κ1) is 16.4. The Balaban J connectivity index is 2.12. The lowest BCUT2D eigenvalue weighted by Crippen LogP contribution is -2.44. The molecule has 0 aliphatic rings. The third kappa shape index (κ3) is 4.00. The minimum atomic E-state index is -0.530. The Morgan fingerprint density at radius 2 is 2.23 bits per heavy atom. The van der Waals surface area contributed by atoms with Crippen LogP contribution in [0.4, 0.5) is 5.69 Å². The molecule has 1 aromatic carbocycles. The quantitative estimate of drug-likeness (QED) is 0.729. The van der Waals surface area contributed by atoms with Crippen molar-refractivity contribution < 1.29 is 9.59 Å². The average molecular weight is 320 g/mol. The van der Waals surface area contributed by atoms with Crippen LogP contribution >= 0.6 is 11.8 Å². The molecule has 1 aromatic heterocycles. The van der Waals surface area contributed by atoms with Crippen LogP contribution in [-0.2, 0) is 9.59 Å². The smallest absolute Gasteiger partial charge is 0.247 e. The van der Waals surface area contributed by atoms with Crippen LogP contribution in [0, 0.1) is 0 Å². The minimum Gasteiger partial charge on any atom is -0.344 e. The Morgan fingerprint density at radius 3 is 2.95 bits per heavy atom. The summed E-state index contributed by atoms with van der Waals surface area (Å²) in [7, 11) is 0. The van der Waals surface area contributed by atoms with E-state index in [0.29, 0.717) is 18.5 Å². The van der Waals surface area contributed by atoms with E-state index < -0.39 is 6.04 Å². The van der Waals surface area contributed by atoms with Crippen LogP contribution in [0.25, 0.3) is 10.9 Å². The van der Waals surface area contributed by atoms with Gasteiger partial charge in [0, 0.05) is 11.8 Å². The fourth-order valence-corrected chi connectivity index (χ4v) is 2.57. The molecule has 0 saturated heterocycles. The average Bonchev–Trinajstić information content (AvgIpc) is 3.00. The van der Waals surface area contributed by atoms with Crippen molar-refractivity contribution in [2.45, 2.75) is 25.8 Å². The van der Waals surface area contributed by atoms with Gasteiger partial charge < -0.3 is 10.6 Å². The molecule has 2 rings (SSSR count). The molecule has 0 spiro atoms. The summed E-state index contributed by atoms with van der Waals surface area (Å²) in [5.74, 6) is 0.468. The third-order valence-corrected chi connectivity index (χ3v) is 3.96. The van der Waals surface area contributed by atoms with Gasteiger partial charge in [0.2, 0.25) is 11.8 Å². The molecule has 0 bridgehead atoms. The maximum absolute atomic E-state index is 12.5. The Hall–Kier alpha value is -2.02. The summed E-state index contributed by atoms with van der Waals surface area (Å²) in [5, 5.41) is 13.4. The second-order valence-electron chi connectivity index (χ2n) is 4.88. The van der Waals surface area contributed by atoms with Gasteiger partial charge in [-0.3, -0.25) is 14.7 Å². The third-order valence-electron chi connectivity index (χ3n) is 3.32. The van der Waals surface area contributed by atoms with Crippen molar-refractivity contribution in [2.24, 2.45) is 0 Å². The Kier molecular flexibility index (Phi) is 5.83. The van der Waals surface area contributed by atoms with Crippen LogP contribution < -0.4 is 10.6 Å². The van der Waals surface area contributed by atoms with Gasteiger partial charge in [-0.05, 0) is 24.5 Å². The van der Waals surface area contributed by atoms with Gasteiger partial charge in [-0.25, -0.2) is 0 Å². The Labute approximate surface area is 133 Å². The van der Waals surface area contributed by atoms with Crippen LogP contribution in [0.5, 0.6) is 0 Å². The molecule has 0 saturated carbocycles. The molecule has 0 aliphatic carbocycles. The van der Waals surface area contributed by atoms with Crippen molar-refractivity contribution in [1.29, 1.82) is 0 Å². The maximum atomic E-state index is 12.5. The van der Waals surface area contributed by atoms with E-state index in [1.165, 1.54) is 0 Å². The topological polar surface area (TPSA) is 86.9 Å². The number of anilines is 1. The number of hydrogen-bond donors (Lipinski definition) is 3. The summed E-state index contributed by atoms with van der Waals surface area (Å²) in [6.07, 6.45) is 4.63. The van der Waals surface area contributed by atoms with Gasteiger partial charge in [0.1, 0.15) is 6.04 Å². The van der Waals surface area contributed by atoms with Gasteiger partial charge in [0.25, 0.3) is 0 Å². The number of thioether (sulfide) groups is 1. The maximum Gasteiger partial charge on any atom is 0.247 e. The van der Waals surface area contributed by atoms with Gasteiger partial charge in [-0.1, -0.05) is 19.1 Å². The van der Waals surface area contributed by atoms with Gasteiger partial charge in [0.15, 0.2) is 0 Å². The highest BCUT2D eigenvalue weighted by molar-refractivity contribution is 7.98. The van der Waals surface area contributed by atoms with E-state index in [0.717, 1.165) is 16.7 Å². The molecule has 1 atom stereocenters. The lowest BCUT2D eigenvalue weighted by molar-refractivity contribution is -0.126. The highest BCUT2D eigenvalue weighted by Crippen LogP contribution is 2.20. The zero-order chi connectivity index (χ0) is 15.9. The summed E-state index contributed by atoms with van der Waals surface area (Å²) >= 11 is 1.64. The fourth-order valence-electron chi connectivity index (χ4n) is 2.09. The van der Waals surface area contributed by atoms with E-state index in [1.807, 2.05) is 24.5 Å². The van der Waals surface area contributed by atoms with Crippen molar-refractivity contribution in [3.8, 4) is 0 Å². The van der Waals surface area contributed by atoms with Crippen molar-refractivity contribution in [1.82, 2.24) is 15.5 Å². The number of fused-ring (bicyclic) bond motifs is 1. The number of rotatable bonds is 7. The lowest BCUT2D eigenvalue weighted by atomic mass is 10.1. The molecule has 6 nitrogen and oxygen atoms in total. The standard InChI is InChI=1S/C15H20N4O2S/c1-3-13(20)17-12(7-8-22-2)15(21)18-11-6-4-5-10-9-16-19-14(10)11/h4-6,9,12H,3,7-8H2,1-2H3,(H,16,19)(H,17,20)(H,18,21). The van der Waals surface area contributed by atoms with Gasteiger partial charge in [-0.15, -0.1) is 0 Å². The molecule has 2 aromatic rings. The van der Waals surface area contributed by atoms with E-state index >= 15 is 0 Å². The minimum absolute atomic E-state index is 0.124. The molecule has 118 valence electrons. The fraction of sp³-hybridized carbons (Fsp3) is 0.400. The predicted molar refractivity (Wildman–Crippen MR) is 89.9 cm³/mol. The Morgan fingerprint density at radius 1 is 1.41 bits per heavy atom. The second-order valence-corrected chi connectivity index (χ2v) is 5.87. The van der Waals surface area contributed by atoms with Crippen molar-refractivity contribution in [3.05, 3.63) is 24.4 Å². The number of carbonyl (C=O) groups is 2. The van der Waals surface area contributed by atoms with Gasteiger partial charge in [0.05, 0.1) is 17.4 Å². The highest BCUT2D eigenvalue weighted by atomic mass is 32.2. The number of hydrogen-bond acceptors (Lipinski definition) is 4. The normalized spacial score (nSPS) is 12.1. The summed E-state index contributed by atoms with van der Waals surface area (Å²) in [5.41, 5.74) is 1.45.